The van der Waals surface area contributed by atoms with E-state index in [4.69, 9.17) is 18.9 Å². The Morgan fingerprint density at radius 3 is 1.85 bits per heavy atom. The van der Waals surface area contributed by atoms with Crippen molar-refractivity contribution in [3.8, 4) is 17.2 Å². The van der Waals surface area contributed by atoms with Crippen LogP contribution in [-0.2, 0) is 4.74 Å². The van der Waals surface area contributed by atoms with E-state index in [1.807, 2.05) is 18.2 Å². The lowest BCUT2D eigenvalue weighted by molar-refractivity contribution is 0.0387. The first-order valence-electron chi connectivity index (χ1n) is 11.1. The number of ether oxygens (including phenoxy) is 4. The third-order valence-electron chi connectivity index (χ3n) is 6.14. The maximum Gasteiger partial charge on any atom is 0.203 e. The number of benzene rings is 2. The standard InChI is InChI=1S/C25H36N2O5.2ClH/c1-29-22-16-20(17-23(30-2)25(22)32-4)21(28)10-11-26-12-14-27(15-13-26)18-24(31-3)19-8-6-5-7-9-19;;/h5-9,16-17,21,24,28H,10-15,18H2,1-4H3;2*1H. The molecule has 1 aliphatic rings. The number of hydrogen-bond acceptors (Lipinski definition) is 7. The molecule has 1 saturated heterocycles. The normalized spacial score (nSPS) is 16.0. The van der Waals surface area contributed by atoms with E-state index in [0.717, 1.165) is 44.8 Å². The number of hydrogen-bond donors (Lipinski definition) is 1. The van der Waals surface area contributed by atoms with E-state index in [2.05, 4.69) is 34.1 Å². The molecule has 1 aliphatic heterocycles. The second-order valence-corrected chi connectivity index (χ2v) is 8.04. The molecule has 0 spiro atoms. The smallest absolute Gasteiger partial charge is 0.203 e. The topological polar surface area (TPSA) is 63.6 Å². The molecule has 0 saturated carbocycles. The van der Waals surface area contributed by atoms with Crippen LogP contribution in [0, 0.1) is 0 Å². The van der Waals surface area contributed by atoms with E-state index in [1.54, 1.807) is 28.4 Å². The van der Waals surface area contributed by atoms with Crippen LogP contribution in [0.5, 0.6) is 17.2 Å². The molecular weight excluding hydrogens is 479 g/mol. The minimum Gasteiger partial charge on any atom is -0.493 e. The third-order valence-corrected chi connectivity index (χ3v) is 6.14. The van der Waals surface area contributed by atoms with Gasteiger partial charge in [0.05, 0.1) is 33.5 Å². The van der Waals surface area contributed by atoms with E-state index < -0.39 is 6.10 Å². The number of nitrogens with zero attached hydrogens (tertiary/aromatic N) is 2. The van der Waals surface area contributed by atoms with Crippen LogP contribution < -0.4 is 14.2 Å². The molecule has 34 heavy (non-hydrogen) atoms. The van der Waals surface area contributed by atoms with Gasteiger partial charge in [-0.3, -0.25) is 4.90 Å². The Balaban J connectivity index is 0.00000289. The van der Waals surface area contributed by atoms with Gasteiger partial charge in [-0.15, -0.1) is 24.8 Å². The van der Waals surface area contributed by atoms with Gasteiger partial charge in [0.15, 0.2) is 11.5 Å². The molecule has 2 atom stereocenters. The fourth-order valence-electron chi connectivity index (χ4n) is 4.18. The zero-order chi connectivity index (χ0) is 22.9. The van der Waals surface area contributed by atoms with Crippen molar-refractivity contribution in [3.63, 3.8) is 0 Å². The van der Waals surface area contributed by atoms with Crippen molar-refractivity contribution in [2.45, 2.75) is 18.6 Å². The molecule has 0 amide bonds. The zero-order valence-corrected chi connectivity index (χ0v) is 22.1. The van der Waals surface area contributed by atoms with Crippen molar-refractivity contribution in [2.24, 2.45) is 0 Å². The van der Waals surface area contributed by atoms with Gasteiger partial charge in [-0.25, -0.2) is 0 Å². The molecular formula is C25H38Cl2N2O5. The van der Waals surface area contributed by atoms with Gasteiger partial charge in [-0.2, -0.15) is 0 Å². The van der Waals surface area contributed by atoms with Gasteiger partial charge in [0.25, 0.3) is 0 Å². The van der Waals surface area contributed by atoms with E-state index in [0.29, 0.717) is 23.7 Å². The largest absolute Gasteiger partial charge is 0.493 e. The monoisotopic (exact) mass is 516 g/mol. The molecule has 1 N–H and O–H groups in total. The van der Waals surface area contributed by atoms with Crippen molar-refractivity contribution >= 4 is 24.8 Å². The highest BCUT2D eigenvalue weighted by molar-refractivity contribution is 5.85. The average Bonchev–Trinajstić information content (AvgIpc) is 2.85. The summed E-state index contributed by atoms with van der Waals surface area (Å²) in [5.41, 5.74) is 1.98. The Morgan fingerprint density at radius 2 is 1.35 bits per heavy atom. The first-order valence-corrected chi connectivity index (χ1v) is 11.1. The second-order valence-electron chi connectivity index (χ2n) is 8.04. The Kier molecular flexibility index (Phi) is 13.6. The lowest BCUT2D eigenvalue weighted by atomic mass is 10.0. The van der Waals surface area contributed by atoms with Crippen molar-refractivity contribution in [3.05, 3.63) is 53.6 Å². The molecule has 2 aromatic carbocycles. The van der Waals surface area contributed by atoms with Gasteiger partial charge in [-0.1, -0.05) is 30.3 Å². The lowest BCUT2D eigenvalue weighted by Gasteiger charge is -2.36. The molecule has 0 bridgehead atoms. The number of halogens is 2. The number of aliphatic hydroxyl groups is 1. The minimum absolute atomic E-state index is 0. The predicted molar refractivity (Wildman–Crippen MR) is 139 cm³/mol. The van der Waals surface area contributed by atoms with Crippen LogP contribution in [-0.4, -0.2) is 82.6 Å². The number of rotatable bonds is 11. The fraction of sp³-hybridized carbons (Fsp3) is 0.520. The molecule has 0 aliphatic carbocycles. The molecule has 9 heteroatoms. The number of methoxy groups -OCH3 is 4. The fourth-order valence-corrected chi connectivity index (χ4v) is 4.18. The van der Waals surface area contributed by atoms with Crippen LogP contribution in [0.15, 0.2) is 42.5 Å². The Morgan fingerprint density at radius 1 is 0.794 bits per heavy atom. The summed E-state index contributed by atoms with van der Waals surface area (Å²) in [6.07, 6.45) is 0.130. The molecule has 1 fully saturated rings. The van der Waals surface area contributed by atoms with Crippen LogP contribution in [0.2, 0.25) is 0 Å². The SMILES string of the molecule is COc1cc(C(O)CCN2CCN(CC(OC)c3ccccc3)CC2)cc(OC)c1OC.Cl.Cl. The van der Waals surface area contributed by atoms with Gasteiger partial charge < -0.3 is 29.0 Å². The van der Waals surface area contributed by atoms with Crippen LogP contribution >= 0.6 is 24.8 Å². The first-order chi connectivity index (χ1) is 15.6. The average molecular weight is 517 g/mol. The summed E-state index contributed by atoms with van der Waals surface area (Å²) in [4.78, 5) is 4.86. The van der Waals surface area contributed by atoms with Crippen molar-refractivity contribution < 1.29 is 24.1 Å². The maximum atomic E-state index is 10.8. The first kappa shape index (κ1) is 30.3. The van der Waals surface area contributed by atoms with Crippen molar-refractivity contribution in [1.82, 2.24) is 9.80 Å². The van der Waals surface area contributed by atoms with E-state index >= 15 is 0 Å². The Hall–Kier alpha value is -1.74. The summed E-state index contributed by atoms with van der Waals surface area (Å²) in [6, 6.07) is 14.0. The summed E-state index contributed by atoms with van der Waals surface area (Å²) in [5, 5.41) is 10.8. The maximum absolute atomic E-state index is 10.8. The Labute approximate surface area is 215 Å². The number of piperazine rings is 1. The molecule has 2 aromatic rings. The van der Waals surface area contributed by atoms with Gasteiger partial charge in [0, 0.05) is 46.4 Å². The molecule has 3 rings (SSSR count). The highest BCUT2D eigenvalue weighted by Gasteiger charge is 2.22. The second kappa shape index (κ2) is 15.3. The summed E-state index contributed by atoms with van der Waals surface area (Å²) in [6.45, 7) is 5.67. The molecule has 2 unspecified atom stereocenters. The molecule has 192 valence electrons. The molecule has 1 heterocycles. The Bertz CT molecular complexity index is 810. The van der Waals surface area contributed by atoms with Crippen LogP contribution in [0.1, 0.15) is 29.8 Å². The molecule has 7 nitrogen and oxygen atoms in total. The highest BCUT2D eigenvalue weighted by atomic mass is 35.5. The number of aliphatic hydroxyl groups excluding tert-OH is 1. The summed E-state index contributed by atoms with van der Waals surface area (Å²) >= 11 is 0. The van der Waals surface area contributed by atoms with Crippen LogP contribution in [0.25, 0.3) is 0 Å². The van der Waals surface area contributed by atoms with Crippen LogP contribution in [0.3, 0.4) is 0 Å². The van der Waals surface area contributed by atoms with E-state index in [1.165, 1.54) is 5.56 Å². The van der Waals surface area contributed by atoms with Gasteiger partial charge in [0.1, 0.15) is 0 Å². The van der Waals surface area contributed by atoms with Crippen molar-refractivity contribution in [1.29, 1.82) is 0 Å². The minimum atomic E-state index is -0.599. The van der Waals surface area contributed by atoms with Crippen LogP contribution in [0.4, 0.5) is 0 Å². The third kappa shape index (κ3) is 7.90. The summed E-state index contributed by atoms with van der Waals surface area (Å²) in [5.74, 6) is 1.65. The van der Waals surface area contributed by atoms with Gasteiger partial charge in [-0.05, 0) is 29.7 Å². The lowest BCUT2D eigenvalue weighted by Crippen LogP contribution is -2.47. The van der Waals surface area contributed by atoms with Gasteiger partial charge >= 0.3 is 0 Å². The molecule has 0 radical (unpaired) electrons. The van der Waals surface area contributed by atoms with E-state index in [9.17, 15) is 5.11 Å². The van der Waals surface area contributed by atoms with E-state index in [-0.39, 0.29) is 30.9 Å². The van der Waals surface area contributed by atoms with Gasteiger partial charge in [0.2, 0.25) is 5.75 Å². The predicted octanol–water partition coefficient (Wildman–Crippen LogP) is 3.98. The molecule has 0 aromatic heterocycles. The van der Waals surface area contributed by atoms with Crippen molar-refractivity contribution in [2.75, 3.05) is 67.7 Å². The summed E-state index contributed by atoms with van der Waals surface area (Å²) < 4.78 is 21.9. The summed E-state index contributed by atoms with van der Waals surface area (Å²) in [7, 11) is 6.51. The highest BCUT2D eigenvalue weighted by Crippen LogP contribution is 2.40. The quantitative estimate of drug-likeness (QED) is 0.484. The zero-order valence-electron chi connectivity index (χ0n) is 20.4.